The maximum Gasteiger partial charge on any atom is 0.144 e. The summed E-state index contributed by atoms with van der Waals surface area (Å²) in [4.78, 5) is 0. The van der Waals surface area contributed by atoms with Crippen molar-refractivity contribution in [2.45, 2.75) is 12.7 Å². The van der Waals surface area contributed by atoms with Crippen molar-refractivity contribution in [3.8, 4) is 16.9 Å². The van der Waals surface area contributed by atoms with Crippen LogP contribution in [0.3, 0.4) is 0 Å². The number of benzene rings is 2. The van der Waals surface area contributed by atoms with Crippen LogP contribution in [-0.2, 0) is 16.5 Å². The van der Waals surface area contributed by atoms with E-state index in [0.29, 0.717) is 5.15 Å². The Hall–Kier alpha value is -2.11. The van der Waals surface area contributed by atoms with Gasteiger partial charge in [0.2, 0.25) is 0 Å². The van der Waals surface area contributed by atoms with Crippen molar-refractivity contribution in [1.29, 1.82) is 0 Å². The molecular formula is C18H15ClFNO2S. The smallest absolute Gasteiger partial charge is 0.144 e. The highest BCUT2D eigenvalue weighted by molar-refractivity contribution is 7.71. The molecule has 0 bridgehead atoms. The Bertz CT molecular complexity index is 936. The van der Waals surface area contributed by atoms with Crippen LogP contribution in [0.1, 0.15) is 11.1 Å². The highest BCUT2D eigenvalue weighted by atomic mass is 35.5. The molecule has 0 aliphatic rings. The fourth-order valence-corrected chi connectivity index (χ4v) is 3.35. The molecule has 0 aliphatic carbocycles. The minimum Gasteiger partial charge on any atom is -0.300 e. The Morgan fingerprint density at radius 1 is 1.04 bits per heavy atom. The van der Waals surface area contributed by atoms with Gasteiger partial charge in [0, 0.05) is 5.69 Å². The first kappa shape index (κ1) is 16.7. The van der Waals surface area contributed by atoms with Crippen LogP contribution in [0, 0.1) is 12.7 Å². The maximum absolute atomic E-state index is 13.2. The third-order valence-electron chi connectivity index (χ3n) is 3.76. The van der Waals surface area contributed by atoms with E-state index in [1.807, 2.05) is 29.7 Å². The zero-order valence-electron chi connectivity index (χ0n) is 12.9. The topological polar surface area (TPSA) is 39.1 Å². The lowest BCUT2D eigenvalue weighted by Crippen LogP contribution is -1.97. The predicted molar refractivity (Wildman–Crippen MR) is 94.9 cm³/mol. The predicted octanol–water partition coefficient (Wildman–Crippen LogP) is 4.36. The van der Waals surface area contributed by atoms with E-state index in [9.17, 15) is 12.8 Å². The minimum absolute atomic E-state index is 0.0222. The fourth-order valence-electron chi connectivity index (χ4n) is 2.60. The lowest BCUT2D eigenvalue weighted by molar-refractivity contribution is 0.614. The average molecular weight is 364 g/mol. The average Bonchev–Trinajstić information content (AvgIpc) is 2.84. The summed E-state index contributed by atoms with van der Waals surface area (Å²) >= 11 is 6.43. The van der Waals surface area contributed by atoms with Crippen molar-refractivity contribution in [2.75, 3.05) is 0 Å². The van der Waals surface area contributed by atoms with Crippen LogP contribution in [0.15, 0.2) is 54.6 Å². The van der Waals surface area contributed by atoms with Crippen LogP contribution in [0.2, 0.25) is 5.15 Å². The zero-order valence-corrected chi connectivity index (χ0v) is 14.5. The zero-order chi connectivity index (χ0) is 17.3. The summed E-state index contributed by atoms with van der Waals surface area (Å²) in [6.07, 6.45) is 0. The molecule has 0 saturated carbocycles. The highest BCUT2D eigenvalue weighted by Gasteiger charge is 2.14. The summed E-state index contributed by atoms with van der Waals surface area (Å²) in [5.74, 6) is -0.287. The second kappa shape index (κ2) is 6.79. The number of aromatic nitrogens is 1. The quantitative estimate of drug-likeness (QED) is 0.700. The van der Waals surface area contributed by atoms with E-state index < -0.39 is 10.7 Å². The van der Waals surface area contributed by atoms with Crippen molar-refractivity contribution in [3.63, 3.8) is 0 Å². The Kier molecular flexibility index (Phi) is 4.73. The van der Waals surface area contributed by atoms with Gasteiger partial charge in [0.15, 0.2) is 0 Å². The molecule has 0 saturated heterocycles. The highest BCUT2D eigenvalue weighted by Crippen LogP contribution is 2.32. The first-order valence-electron chi connectivity index (χ1n) is 7.30. The molecule has 24 heavy (non-hydrogen) atoms. The van der Waals surface area contributed by atoms with Crippen molar-refractivity contribution in [1.82, 2.24) is 4.57 Å². The van der Waals surface area contributed by atoms with Gasteiger partial charge in [-0.2, -0.15) is 0 Å². The van der Waals surface area contributed by atoms with E-state index in [1.165, 1.54) is 12.1 Å². The summed E-state index contributed by atoms with van der Waals surface area (Å²) in [5.41, 5.74) is 4.16. The number of hydrogen-bond acceptors (Lipinski definition) is 2. The molecule has 0 atom stereocenters. The lowest BCUT2D eigenvalue weighted by Gasteiger charge is -2.11. The Morgan fingerprint density at radius 2 is 1.67 bits per heavy atom. The molecule has 0 aliphatic heterocycles. The van der Waals surface area contributed by atoms with Gasteiger partial charge < -0.3 is 0 Å². The van der Waals surface area contributed by atoms with Gasteiger partial charge >= 0.3 is 0 Å². The van der Waals surface area contributed by atoms with E-state index in [1.54, 1.807) is 24.3 Å². The van der Waals surface area contributed by atoms with Gasteiger partial charge in [-0.1, -0.05) is 35.9 Å². The maximum atomic E-state index is 13.2. The molecule has 3 rings (SSSR count). The van der Waals surface area contributed by atoms with Crippen LogP contribution in [0.5, 0.6) is 0 Å². The van der Waals surface area contributed by atoms with Crippen LogP contribution in [-0.4, -0.2) is 13.0 Å². The first-order chi connectivity index (χ1) is 11.5. The van der Waals surface area contributed by atoms with E-state index >= 15 is 0 Å². The number of thiol groups is 1. The monoisotopic (exact) mass is 363 g/mol. The van der Waals surface area contributed by atoms with E-state index in [4.69, 9.17) is 11.6 Å². The number of hydrogen-bond donors (Lipinski definition) is 1. The number of aryl methyl sites for hydroxylation is 1. The summed E-state index contributed by atoms with van der Waals surface area (Å²) in [6, 6.07) is 15.4. The molecule has 0 N–H and O–H groups in total. The molecule has 0 radical (unpaired) electrons. The minimum atomic E-state index is -2.45. The SMILES string of the molecule is Cc1cc(-c2ccc(C[SH](=O)=O)cc2)n(-c2ccc(F)cc2)c1Cl. The fraction of sp³-hybridized carbons (Fsp3) is 0.111. The second-order valence-corrected chi connectivity index (χ2v) is 6.84. The molecule has 0 unspecified atom stereocenters. The summed E-state index contributed by atoms with van der Waals surface area (Å²) in [5, 5.41) is 0.559. The van der Waals surface area contributed by atoms with E-state index in [2.05, 4.69) is 0 Å². The lowest BCUT2D eigenvalue weighted by atomic mass is 10.1. The third kappa shape index (κ3) is 3.37. The van der Waals surface area contributed by atoms with Gasteiger partial charge in [0.05, 0.1) is 11.4 Å². The van der Waals surface area contributed by atoms with Gasteiger partial charge in [-0.3, -0.25) is 4.57 Å². The number of rotatable bonds is 4. The van der Waals surface area contributed by atoms with Crippen LogP contribution in [0.4, 0.5) is 4.39 Å². The molecule has 124 valence electrons. The van der Waals surface area contributed by atoms with Crippen LogP contribution in [0.25, 0.3) is 16.9 Å². The van der Waals surface area contributed by atoms with Gasteiger partial charge in [0.1, 0.15) is 21.7 Å². The number of nitrogens with zero attached hydrogens (tertiary/aromatic N) is 1. The van der Waals surface area contributed by atoms with Crippen molar-refractivity contribution < 1.29 is 12.8 Å². The van der Waals surface area contributed by atoms with Gasteiger partial charge in [0.25, 0.3) is 0 Å². The largest absolute Gasteiger partial charge is 0.300 e. The second-order valence-electron chi connectivity index (χ2n) is 5.50. The summed E-state index contributed by atoms with van der Waals surface area (Å²) in [7, 11) is -2.45. The van der Waals surface area contributed by atoms with Crippen LogP contribution >= 0.6 is 11.6 Å². The molecule has 3 nitrogen and oxygen atoms in total. The third-order valence-corrected chi connectivity index (χ3v) is 4.85. The van der Waals surface area contributed by atoms with E-state index in [0.717, 1.165) is 28.1 Å². The molecule has 1 heterocycles. The van der Waals surface area contributed by atoms with Crippen molar-refractivity contribution in [3.05, 3.63) is 76.7 Å². The van der Waals surface area contributed by atoms with Gasteiger partial charge in [-0.25, -0.2) is 12.8 Å². The molecule has 0 spiro atoms. The molecule has 6 heteroatoms. The molecule has 0 fully saturated rings. The molecule has 0 amide bonds. The Labute approximate surface area is 146 Å². The Balaban J connectivity index is 2.08. The molecule has 1 aromatic heterocycles. The molecular weight excluding hydrogens is 349 g/mol. The van der Waals surface area contributed by atoms with E-state index in [-0.39, 0.29) is 11.6 Å². The van der Waals surface area contributed by atoms with Gasteiger partial charge in [-0.05, 0) is 53.9 Å². The summed E-state index contributed by atoms with van der Waals surface area (Å²) in [6.45, 7) is 1.91. The standard InChI is InChI=1S/C18H15ClFNO2S/c1-12-10-17(14-4-2-13(3-5-14)11-24(22)23)21(18(12)19)16-8-6-15(20)7-9-16/h2-10,24H,11H2,1H3. The van der Waals surface area contributed by atoms with Crippen molar-refractivity contribution in [2.24, 2.45) is 0 Å². The Morgan fingerprint density at radius 3 is 2.25 bits per heavy atom. The first-order valence-corrected chi connectivity index (χ1v) is 9.04. The molecule has 3 aromatic rings. The summed E-state index contributed by atoms with van der Waals surface area (Å²) < 4.78 is 36.7. The van der Waals surface area contributed by atoms with Gasteiger partial charge in [-0.15, -0.1) is 0 Å². The molecule has 2 aromatic carbocycles. The normalized spacial score (nSPS) is 11.2. The van der Waals surface area contributed by atoms with Crippen molar-refractivity contribution >= 4 is 22.3 Å². The number of halogens is 2. The van der Waals surface area contributed by atoms with Crippen LogP contribution < -0.4 is 0 Å².